The maximum absolute atomic E-state index is 11.6. The molecule has 0 aromatic carbocycles. The highest BCUT2D eigenvalue weighted by Gasteiger charge is 2.28. The minimum absolute atomic E-state index is 0.0726. The van der Waals surface area contributed by atoms with Crippen LogP contribution in [0.15, 0.2) is 0 Å². The van der Waals surface area contributed by atoms with Gasteiger partial charge in [0.05, 0.1) is 6.61 Å². The molecule has 0 aliphatic heterocycles. The molecule has 0 unspecified atom stereocenters. The first-order valence-corrected chi connectivity index (χ1v) is 5.05. The molecule has 4 heteroatoms. The fourth-order valence-electron chi connectivity index (χ4n) is 1.45. The first kappa shape index (κ1) is 11.0. The van der Waals surface area contributed by atoms with Gasteiger partial charge in [0.1, 0.15) is 6.54 Å². The Labute approximate surface area is 84.2 Å². The van der Waals surface area contributed by atoms with Crippen LogP contribution in [0.25, 0.3) is 0 Å². The molecule has 0 radical (unpaired) electrons. The lowest BCUT2D eigenvalue weighted by Gasteiger charge is -2.28. The van der Waals surface area contributed by atoms with Crippen LogP contribution in [0.1, 0.15) is 26.2 Å². The Bertz CT molecular complexity index is 223. The number of carbonyl (C=O) groups excluding carboxylic acids is 2. The lowest BCUT2D eigenvalue weighted by Crippen LogP contribution is -2.39. The predicted molar refractivity (Wildman–Crippen MR) is 51.6 cm³/mol. The van der Waals surface area contributed by atoms with Crippen molar-refractivity contribution in [2.24, 2.45) is 5.92 Å². The molecule has 0 heterocycles. The lowest BCUT2D eigenvalue weighted by molar-refractivity contribution is -0.150. The van der Waals surface area contributed by atoms with Gasteiger partial charge in [-0.15, -0.1) is 0 Å². The zero-order valence-electron chi connectivity index (χ0n) is 8.78. The summed E-state index contributed by atoms with van der Waals surface area (Å²) in [6, 6.07) is 0. The van der Waals surface area contributed by atoms with Crippen LogP contribution in [0.3, 0.4) is 0 Å². The number of rotatable bonds is 4. The third kappa shape index (κ3) is 2.72. The van der Waals surface area contributed by atoms with Crippen LogP contribution in [0.5, 0.6) is 0 Å². The highest BCUT2D eigenvalue weighted by atomic mass is 16.5. The Kier molecular flexibility index (Phi) is 3.92. The zero-order chi connectivity index (χ0) is 10.6. The van der Waals surface area contributed by atoms with Gasteiger partial charge >= 0.3 is 5.97 Å². The van der Waals surface area contributed by atoms with Gasteiger partial charge in [-0.3, -0.25) is 9.59 Å². The largest absolute Gasteiger partial charge is 0.465 e. The van der Waals surface area contributed by atoms with E-state index in [0.29, 0.717) is 6.61 Å². The molecule has 1 fully saturated rings. The van der Waals surface area contributed by atoms with Crippen molar-refractivity contribution in [3.8, 4) is 0 Å². The third-order valence-electron chi connectivity index (χ3n) is 2.50. The molecule has 1 saturated carbocycles. The Hall–Kier alpha value is -1.06. The monoisotopic (exact) mass is 199 g/mol. The maximum atomic E-state index is 11.6. The van der Waals surface area contributed by atoms with Gasteiger partial charge in [-0.2, -0.15) is 0 Å². The molecule has 0 aromatic heterocycles. The molecule has 1 aliphatic rings. The standard InChI is InChI=1S/C10H17NO3/c1-3-14-9(12)7-11(2)10(13)8-5-4-6-8/h8H,3-7H2,1-2H3. The van der Waals surface area contributed by atoms with E-state index in [-0.39, 0.29) is 24.3 Å². The molecule has 0 bridgehead atoms. The topological polar surface area (TPSA) is 46.6 Å². The Balaban J connectivity index is 2.29. The Morgan fingerprint density at radius 3 is 2.50 bits per heavy atom. The molecule has 0 atom stereocenters. The van der Waals surface area contributed by atoms with E-state index in [1.165, 1.54) is 4.90 Å². The van der Waals surface area contributed by atoms with Crippen LogP contribution in [-0.2, 0) is 14.3 Å². The molecule has 0 N–H and O–H groups in total. The number of likely N-dealkylation sites (N-methyl/N-ethyl adjacent to an activating group) is 1. The van der Waals surface area contributed by atoms with Crippen molar-refractivity contribution >= 4 is 11.9 Å². The number of carbonyl (C=O) groups is 2. The first-order chi connectivity index (χ1) is 6.65. The molecule has 0 saturated heterocycles. The summed E-state index contributed by atoms with van der Waals surface area (Å²) in [4.78, 5) is 24.1. The van der Waals surface area contributed by atoms with Gasteiger partial charge in [0.15, 0.2) is 0 Å². The Morgan fingerprint density at radius 2 is 2.07 bits per heavy atom. The number of ether oxygens (including phenoxy) is 1. The minimum atomic E-state index is -0.331. The summed E-state index contributed by atoms with van der Waals surface area (Å²) in [6.07, 6.45) is 3.06. The molecule has 1 aliphatic carbocycles. The minimum Gasteiger partial charge on any atom is -0.465 e. The van der Waals surface area contributed by atoms with Crippen molar-refractivity contribution < 1.29 is 14.3 Å². The lowest BCUT2D eigenvalue weighted by atomic mass is 9.84. The Morgan fingerprint density at radius 1 is 1.43 bits per heavy atom. The summed E-state index contributed by atoms with van der Waals surface area (Å²) < 4.78 is 4.76. The number of amides is 1. The number of hydrogen-bond donors (Lipinski definition) is 0. The molecular weight excluding hydrogens is 182 g/mol. The quantitative estimate of drug-likeness (QED) is 0.629. The van der Waals surface area contributed by atoms with Crippen LogP contribution in [0.2, 0.25) is 0 Å². The van der Waals surface area contributed by atoms with Crippen molar-refractivity contribution in [2.45, 2.75) is 26.2 Å². The summed E-state index contributed by atoms with van der Waals surface area (Å²) in [5.41, 5.74) is 0. The average Bonchev–Trinajstić information content (AvgIpc) is 2.01. The molecule has 80 valence electrons. The van der Waals surface area contributed by atoms with Gasteiger partial charge in [0, 0.05) is 13.0 Å². The van der Waals surface area contributed by atoms with Gasteiger partial charge in [0.2, 0.25) is 5.91 Å². The van der Waals surface area contributed by atoms with Crippen LogP contribution >= 0.6 is 0 Å². The molecular formula is C10H17NO3. The SMILES string of the molecule is CCOC(=O)CN(C)C(=O)C1CCC1. The van der Waals surface area contributed by atoms with Crippen molar-refractivity contribution in [1.29, 1.82) is 0 Å². The number of esters is 1. The summed E-state index contributed by atoms with van der Waals surface area (Å²) >= 11 is 0. The predicted octanol–water partition coefficient (Wildman–Crippen LogP) is 0.808. The first-order valence-electron chi connectivity index (χ1n) is 5.05. The zero-order valence-corrected chi connectivity index (χ0v) is 8.78. The van der Waals surface area contributed by atoms with E-state index in [4.69, 9.17) is 4.74 Å². The summed E-state index contributed by atoms with van der Waals surface area (Å²) in [5, 5.41) is 0. The second kappa shape index (κ2) is 4.98. The fourth-order valence-corrected chi connectivity index (χ4v) is 1.45. The van der Waals surface area contributed by atoms with E-state index in [1.54, 1.807) is 14.0 Å². The summed E-state index contributed by atoms with van der Waals surface area (Å²) in [5.74, 6) is -0.110. The second-order valence-corrected chi connectivity index (χ2v) is 3.63. The van der Waals surface area contributed by atoms with Crippen molar-refractivity contribution in [3.63, 3.8) is 0 Å². The van der Waals surface area contributed by atoms with E-state index < -0.39 is 0 Å². The van der Waals surface area contributed by atoms with Crippen LogP contribution in [-0.4, -0.2) is 37.0 Å². The molecule has 4 nitrogen and oxygen atoms in total. The third-order valence-corrected chi connectivity index (χ3v) is 2.50. The molecule has 0 aromatic rings. The highest BCUT2D eigenvalue weighted by molar-refractivity contribution is 5.83. The molecule has 1 amide bonds. The molecule has 0 spiro atoms. The summed E-state index contributed by atoms with van der Waals surface area (Å²) in [7, 11) is 1.65. The van der Waals surface area contributed by atoms with Crippen LogP contribution in [0.4, 0.5) is 0 Å². The van der Waals surface area contributed by atoms with Gasteiger partial charge in [0.25, 0.3) is 0 Å². The van der Waals surface area contributed by atoms with Crippen molar-refractivity contribution in [1.82, 2.24) is 4.90 Å². The number of hydrogen-bond acceptors (Lipinski definition) is 3. The van der Waals surface area contributed by atoms with E-state index in [9.17, 15) is 9.59 Å². The summed E-state index contributed by atoms with van der Waals surface area (Å²) in [6.45, 7) is 2.19. The van der Waals surface area contributed by atoms with Gasteiger partial charge in [-0.1, -0.05) is 6.42 Å². The van der Waals surface area contributed by atoms with E-state index in [0.717, 1.165) is 19.3 Å². The average molecular weight is 199 g/mol. The van der Waals surface area contributed by atoms with Crippen LogP contribution < -0.4 is 0 Å². The molecule has 1 rings (SSSR count). The second-order valence-electron chi connectivity index (χ2n) is 3.63. The van der Waals surface area contributed by atoms with E-state index in [2.05, 4.69) is 0 Å². The van der Waals surface area contributed by atoms with E-state index >= 15 is 0 Å². The van der Waals surface area contributed by atoms with E-state index in [1.807, 2.05) is 0 Å². The normalized spacial score (nSPS) is 15.9. The fraction of sp³-hybridized carbons (Fsp3) is 0.800. The highest BCUT2D eigenvalue weighted by Crippen LogP contribution is 2.27. The smallest absolute Gasteiger partial charge is 0.325 e. The maximum Gasteiger partial charge on any atom is 0.325 e. The van der Waals surface area contributed by atoms with Gasteiger partial charge in [-0.25, -0.2) is 0 Å². The van der Waals surface area contributed by atoms with Gasteiger partial charge in [-0.05, 0) is 19.8 Å². The van der Waals surface area contributed by atoms with Crippen molar-refractivity contribution in [3.05, 3.63) is 0 Å². The van der Waals surface area contributed by atoms with Crippen LogP contribution in [0, 0.1) is 5.92 Å². The van der Waals surface area contributed by atoms with Crippen molar-refractivity contribution in [2.75, 3.05) is 20.2 Å². The number of nitrogens with zero attached hydrogens (tertiary/aromatic N) is 1. The van der Waals surface area contributed by atoms with Gasteiger partial charge < -0.3 is 9.64 Å². The molecule has 14 heavy (non-hydrogen) atoms.